The molecule has 1 aromatic carbocycles. The molecule has 0 aliphatic heterocycles. The number of hydrogen-bond acceptors (Lipinski definition) is 3. The number of hydrogen-bond donors (Lipinski definition) is 0. The summed E-state index contributed by atoms with van der Waals surface area (Å²) in [6, 6.07) is 5.93. The molecule has 1 aromatic rings. The van der Waals surface area contributed by atoms with E-state index in [0.29, 0.717) is 5.02 Å². The highest BCUT2D eigenvalue weighted by Gasteiger charge is 2.21. The molecule has 0 unspecified atom stereocenters. The Morgan fingerprint density at radius 3 is 2.50 bits per heavy atom. The van der Waals surface area contributed by atoms with Crippen molar-refractivity contribution < 1.29 is 13.2 Å². The van der Waals surface area contributed by atoms with Crippen molar-refractivity contribution in [3.63, 3.8) is 0 Å². The van der Waals surface area contributed by atoms with Crippen LogP contribution in [0, 0.1) is 5.92 Å². The van der Waals surface area contributed by atoms with Gasteiger partial charge in [-0.1, -0.05) is 31.5 Å². The number of carbonyl (C=O) groups is 1. The Morgan fingerprint density at radius 1 is 1.38 bits per heavy atom. The lowest BCUT2D eigenvalue weighted by Gasteiger charge is -2.06. The zero-order valence-electron chi connectivity index (χ0n) is 9.10. The fourth-order valence-corrected chi connectivity index (χ4v) is 2.82. The Bertz CT molecular complexity index is 492. The first-order valence-electron chi connectivity index (χ1n) is 4.84. The van der Waals surface area contributed by atoms with Crippen LogP contribution >= 0.6 is 11.6 Å². The van der Waals surface area contributed by atoms with Crippen LogP contribution in [0.5, 0.6) is 0 Å². The van der Waals surface area contributed by atoms with Crippen LogP contribution in [0.25, 0.3) is 0 Å². The molecule has 0 N–H and O–H groups in total. The number of benzene rings is 1. The molecule has 0 atom stereocenters. The Morgan fingerprint density at radius 2 is 2.00 bits per heavy atom. The minimum atomic E-state index is -3.56. The zero-order chi connectivity index (χ0) is 12.3. The average Bonchev–Trinajstić information content (AvgIpc) is 2.17. The molecule has 0 bridgehead atoms. The van der Waals surface area contributed by atoms with E-state index in [1.165, 1.54) is 12.1 Å². The zero-order valence-corrected chi connectivity index (χ0v) is 10.7. The second-order valence-corrected chi connectivity index (χ2v) is 6.26. The van der Waals surface area contributed by atoms with E-state index in [9.17, 15) is 13.2 Å². The summed E-state index contributed by atoms with van der Waals surface area (Å²) in [6.07, 6.45) is 0. The van der Waals surface area contributed by atoms with Gasteiger partial charge in [0, 0.05) is 10.9 Å². The van der Waals surface area contributed by atoms with Gasteiger partial charge < -0.3 is 0 Å². The van der Waals surface area contributed by atoms with Gasteiger partial charge in [-0.2, -0.15) is 0 Å². The maximum absolute atomic E-state index is 11.8. The van der Waals surface area contributed by atoms with Crippen molar-refractivity contribution in [1.29, 1.82) is 0 Å². The third-order valence-electron chi connectivity index (χ3n) is 2.13. The lowest BCUT2D eigenvalue weighted by Crippen LogP contribution is -2.20. The molecule has 0 aliphatic carbocycles. The fourth-order valence-electron chi connectivity index (χ4n) is 1.10. The van der Waals surface area contributed by atoms with Gasteiger partial charge in [-0.3, -0.25) is 4.79 Å². The lowest BCUT2D eigenvalue weighted by molar-refractivity contribution is -0.119. The van der Waals surface area contributed by atoms with Gasteiger partial charge in [0.1, 0.15) is 5.75 Å². The number of carbonyl (C=O) groups excluding carboxylic acids is 1. The Labute approximate surface area is 100 Å². The number of rotatable bonds is 4. The third kappa shape index (κ3) is 3.32. The van der Waals surface area contributed by atoms with Crippen LogP contribution < -0.4 is 0 Å². The van der Waals surface area contributed by atoms with E-state index < -0.39 is 15.6 Å². The molecule has 16 heavy (non-hydrogen) atoms. The summed E-state index contributed by atoms with van der Waals surface area (Å²) in [6.45, 7) is 3.35. The largest absolute Gasteiger partial charge is 0.298 e. The second-order valence-electron chi connectivity index (χ2n) is 3.84. The van der Waals surface area contributed by atoms with E-state index in [4.69, 9.17) is 11.6 Å². The predicted molar refractivity (Wildman–Crippen MR) is 63.3 cm³/mol. The summed E-state index contributed by atoms with van der Waals surface area (Å²) in [7, 11) is -3.56. The van der Waals surface area contributed by atoms with Crippen LogP contribution in [-0.4, -0.2) is 20.0 Å². The van der Waals surface area contributed by atoms with Crippen molar-refractivity contribution in [2.24, 2.45) is 5.92 Å². The molecule has 0 saturated heterocycles. The standard InChI is InChI=1S/C11H13ClO3S/c1-8(2)11(13)7-16(14,15)10-5-3-4-9(12)6-10/h3-6,8H,7H2,1-2H3. The summed E-state index contributed by atoms with van der Waals surface area (Å²) in [5.74, 6) is -1.04. The molecule has 3 nitrogen and oxygen atoms in total. The highest BCUT2D eigenvalue weighted by Crippen LogP contribution is 2.17. The van der Waals surface area contributed by atoms with Crippen molar-refractivity contribution in [3.05, 3.63) is 29.3 Å². The van der Waals surface area contributed by atoms with E-state index in [0.717, 1.165) is 0 Å². The molecule has 0 fully saturated rings. The number of Topliss-reactive ketones (excluding diaryl/α,β-unsaturated/α-hetero) is 1. The summed E-state index contributed by atoms with van der Waals surface area (Å²) in [5, 5.41) is 0.345. The van der Waals surface area contributed by atoms with Crippen molar-refractivity contribution in [1.82, 2.24) is 0 Å². The van der Waals surface area contributed by atoms with Crippen LogP contribution in [-0.2, 0) is 14.6 Å². The van der Waals surface area contributed by atoms with E-state index in [-0.39, 0.29) is 16.6 Å². The first-order chi connectivity index (χ1) is 7.33. The molecular weight excluding hydrogens is 248 g/mol. The van der Waals surface area contributed by atoms with Gasteiger partial charge in [0.05, 0.1) is 4.90 Å². The van der Waals surface area contributed by atoms with Crippen LogP contribution in [0.4, 0.5) is 0 Å². The van der Waals surface area contributed by atoms with Gasteiger partial charge in [-0.25, -0.2) is 8.42 Å². The molecule has 5 heteroatoms. The third-order valence-corrected chi connectivity index (χ3v) is 4.00. The smallest absolute Gasteiger partial charge is 0.185 e. The maximum atomic E-state index is 11.8. The van der Waals surface area contributed by atoms with Gasteiger partial charge >= 0.3 is 0 Å². The molecular formula is C11H13ClO3S. The van der Waals surface area contributed by atoms with Crippen molar-refractivity contribution in [2.75, 3.05) is 5.75 Å². The maximum Gasteiger partial charge on any atom is 0.185 e. The van der Waals surface area contributed by atoms with Gasteiger partial charge in [0.2, 0.25) is 0 Å². The molecule has 0 spiro atoms. The van der Waals surface area contributed by atoms with Gasteiger partial charge in [0.15, 0.2) is 15.6 Å². The van der Waals surface area contributed by atoms with E-state index >= 15 is 0 Å². The first-order valence-corrected chi connectivity index (χ1v) is 6.87. The van der Waals surface area contributed by atoms with Gasteiger partial charge in [0.25, 0.3) is 0 Å². The normalized spacial score (nSPS) is 11.8. The van der Waals surface area contributed by atoms with Gasteiger partial charge in [-0.15, -0.1) is 0 Å². The van der Waals surface area contributed by atoms with Crippen molar-refractivity contribution in [3.8, 4) is 0 Å². The van der Waals surface area contributed by atoms with Gasteiger partial charge in [-0.05, 0) is 18.2 Å². The number of sulfone groups is 1. The lowest BCUT2D eigenvalue weighted by atomic mass is 10.1. The monoisotopic (exact) mass is 260 g/mol. The summed E-state index contributed by atoms with van der Waals surface area (Å²) < 4.78 is 23.6. The Kier molecular flexibility index (Phi) is 4.10. The molecule has 0 saturated carbocycles. The summed E-state index contributed by atoms with van der Waals surface area (Å²) in [5.41, 5.74) is 0. The Hall–Kier alpha value is -0.870. The van der Waals surface area contributed by atoms with Crippen LogP contribution in [0.3, 0.4) is 0 Å². The molecule has 1 rings (SSSR count). The quantitative estimate of drug-likeness (QED) is 0.835. The van der Waals surface area contributed by atoms with E-state index in [1.54, 1.807) is 26.0 Å². The second kappa shape index (κ2) is 4.97. The highest BCUT2D eigenvalue weighted by atomic mass is 35.5. The molecule has 0 heterocycles. The van der Waals surface area contributed by atoms with Crippen LogP contribution in [0.2, 0.25) is 5.02 Å². The molecule has 0 radical (unpaired) electrons. The SMILES string of the molecule is CC(C)C(=O)CS(=O)(=O)c1cccc(Cl)c1. The van der Waals surface area contributed by atoms with Crippen LogP contribution in [0.15, 0.2) is 29.2 Å². The van der Waals surface area contributed by atoms with Crippen molar-refractivity contribution in [2.45, 2.75) is 18.7 Å². The summed E-state index contributed by atoms with van der Waals surface area (Å²) >= 11 is 5.70. The minimum absolute atomic E-state index is 0.0917. The topological polar surface area (TPSA) is 51.2 Å². The Balaban J connectivity index is 2.99. The molecule has 0 amide bonds. The number of halogens is 1. The molecule has 0 aromatic heterocycles. The molecule has 88 valence electrons. The molecule has 0 aliphatic rings. The van der Waals surface area contributed by atoms with E-state index in [2.05, 4.69) is 0 Å². The highest BCUT2D eigenvalue weighted by molar-refractivity contribution is 7.92. The fraction of sp³-hybridized carbons (Fsp3) is 0.364. The minimum Gasteiger partial charge on any atom is -0.298 e. The average molecular weight is 261 g/mol. The van der Waals surface area contributed by atoms with Crippen molar-refractivity contribution >= 4 is 27.2 Å². The number of ketones is 1. The van der Waals surface area contributed by atoms with Crippen LogP contribution in [0.1, 0.15) is 13.8 Å². The first kappa shape index (κ1) is 13.2. The summed E-state index contributed by atoms with van der Waals surface area (Å²) in [4.78, 5) is 11.5. The van der Waals surface area contributed by atoms with E-state index in [1.807, 2.05) is 0 Å². The predicted octanol–water partition coefficient (Wildman–Crippen LogP) is 2.34.